The van der Waals surface area contributed by atoms with Crippen LogP contribution in [0.25, 0.3) is 0 Å². The van der Waals surface area contributed by atoms with Crippen molar-refractivity contribution in [3.8, 4) is 17.2 Å². The molecule has 0 radical (unpaired) electrons. The fourth-order valence-electron chi connectivity index (χ4n) is 2.98. The Morgan fingerprint density at radius 3 is 2.29 bits per heavy atom. The van der Waals surface area contributed by atoms with Crippen molar-refractivity contribution in [2.24, 2.45) is 0 Å². The van der Waals surface area contributed by atoms with Gasteiger partial charge in [0.2, 0.25) is 0 Å². The molecule has 1 amide bonds. The third-order valence-corrected chi connectivity index (χ3v) is 5.23. The minimum Gasteiger partial charge on any atom is -0.486 e. The van der Waals surface area contributed by atoms with Crippen molar-refractivity contribution < 1.29 is 28.2 Å². The van der Waals surface area contributed by atoms with E-state index in [-0.39, 0.29) is 12.3 Å². The zero-order valence-corrected chi connectivity index (χ0v) is 17.8. The van der Waals surface area contributed by atoms with Crippen molar-refractivity contribution in [1.82, 2.24) is 0 Å². The molecule has 0 saturated heterocycles. The van der Waals surface area contributed by atoms with Crippen LogP contribution >= 0.6 is 15.9 Å². The predicted octanol–water partition coefficient (Wildman–Crippen LogP) is 4.76. The highest BCUT2D eigenvalue weighted by Crippen LogP contribution is 2.35. The van der Waals surface area contributed by atoms with Gasteiger partial charge in [-0.15, -0.1) is 0 Å². The van der Waals surface area contributed by atoms with E-state index < -0.39 is 11.8 Å². The number of fused-ring (bicyclic) bond motifs is 1. The van der Waals surface area contributed by atoms with Crippen LogP contribution in [-0.4, -0.2) is 25.1 Å². The molecule has 3 aromatic rings. The van der Waals surface area contributed by atoms with Gasteiger partial charge in [0.15, 0.2) is 11.5 Å². The summed E-state index contributed by atoms with van der Waals surface area (Å²) in [6.45, 7) is 0.948. The lowest BCUT2D eigenvalue weighted by atomic mass is 10.1. The third-order valence-electron chi connectivity index (χ3n) is 4.50. The van der Waals surface area contributed by atoms with E-state index in [0.717, 1.165) is 10.0 Å². The Morgan fingerprint density at radius 2 is 1.61 bits per heavy atom. The Morgan fingerprint density at radius 1 is 0.968 bits per heavy atom. The summed E-state index contributed by atoms with van der Waals surface area (Å²) in [6, 6.07) is 15.2. The van der Waals surface area contributed by atoms with E-state index in [2.05, 4.69) is 21.2 Å². The second kappa shape index (κ2) is 9.18. The normalized spacial score (nSPS) is 12.2. The summed E-state index contributed by atoms with van der Waals surface area (Å²) in [6.07, 6.45) is 0.0419. The van der Waals surface area contributed by atoms with Crippen molar-refractivity contribution in [1.29, 1.82) is 0 Å². The van der Waals surface area contributed by atoms with Crippen molar-refractivity contribution >= 4 is 33.5 Å². The quantitative estimate of drug-likeness (QED) is 0.416. The summed E-state index contributed by atoms with van der Waals surface area (Å²) in [5.74, 6) is 0.352. The van der Waals surface area contributed by atoms with Gasteiger partial charge in [0.25, 0.3) is 5.91 Å². The number of rotatable bonds is 5. The van der Waals surface area contributed by atoms with Crippen LogP contribution in [0.1, 0.15) is 15.9 Å². The third kappa shape index (κ3) is 5.21. The fourth-order valence-corrected chi connectivity index (χ4v) is 3.44. The minimum atomic E-state index is -0.444. The molecule has 6 nitrogen and oxygen atoms in total. The number of hydrogen-bond acceptors (Lipinski definition) is 5. The molecule has 158 valence electrons. The lowest BCUT2D eigenvalue weighted by molar-refractivity contribution is -0.133. The molecule has 0 aromatic heterocycles. The number of benzene rings is 3. The second-order valence-electron chi connectivity index (χ2n) is 6.72. The fraction of sp³-hybridized carbons (Fsp3) is 0.130. The number of anilines is 1. The Bertz CT molecular complexity index is 1120. The van der Waals surface area contributed by atoms with Gasteiger partial charge in [0.05, 0.1) is 6.42 Å². The van der Waals surface area contributed by atoms with E-state index in [4.69, 9.17) is 14.2 Å². The van der Waals surface area contributed by atoms with Crippen molar-refractivity contribution in [3.05, 3.63) is 82.1 Å². The Kier molecular flexibility index (Phi) is 6.18. The van der Waals surface area contributed by atoms with Gasteiger partial charge in [-0.3, -0.25) is 9.59 Å². The van der Waals surface area contributed by atoms with Crippen LogP contribution in [0.2, 0.25) is 0 Å². The highest BCUT2D eigenvalue weighted by atomic mass is 79.9. The van der Waals surface area contributed by atoms with Gasteiger partial charge in [0.1, 0.15) is 24.8 Å². The molecule has 1 aliphatic heterocycles. The molecule has 0 fully saturated rings. The smallest absolute Gasteiger partial charge is 0.315 e. The molecule has 0 unspecified atom stereocenters. The SMILES string of the molecule is O=C(Cc1cc2c(cc1Br)OCCO2)Oc1ccc(NC(=O)c2ccc(F)cc2)cc1. The van der Waals surface area contributed by atoms with Gasteiger partial charge in [-0.25, -0.2) is 4.39 Å². The number of carbonyl (C=O) groups is 2. The predicted molar refractivity (Wildman–Crippen MR) is 115 cm³/mol. The Labute approximate surface area is 186 Å². The summed E-state index contributed by atoms with van der Waals surface area (Å²) >= 11 is 3.44. The average Bonchev–Trinajstić information content (AvgIpc) is 2.76. The highest BCUT2D eigenvalue weighted by Gasteiger charge is 2.17. The standard InChI is InChI=1S/C23H17BrFNO5/c24-19-13-21-20(29-9-10-30-21)11-15(19)12-22(27)31-18-7-5-17(6-8-18)26-23(28)14-1-3-16(25)4-2-14/h1-8,11,13H,9-10,12H2,(H,26,28). The summed E-state index contributed by atoms with van der Waals surface area (Å²) in [5, 5.41) is 2.70. The Hall–Kier alpha value is -3.39. The van der Waals surface area contributed by atoms with Crippen LogP contribution in [0.15, 0.2) is 65.1 Å². The molecule has 8 heteroatoms. The van der Waals surface area contributed by atoms with Crippen LogP contribution in [0.3, 0.4) is 0 Å². The molecular weight excluding hydrogens is 469 g/mol. The number of nitrogens with one attached hydrogen (secondary N) is 1. The highest BCUT2D eigenvalue weighted by molar-refractivity contribution is 9.10. The molecule has 0 bridgehead atoms. The zero-order valence-electron chi connectivity index (χ0n) is 16.2. The van der Waals surface area contributed by atoms with E-state index in [1.54, 1.807) is 36.4 Å². The van der Waals surface area contributed by atoms with Gasteiger partial charge in [0, 0.05) is 15.7 Å². The van der Waals surface area contributed by atoms with Gasteiger partial charge in [-0.2, -0.15) is 0 Å². The molecule has 1 heterocycles. The second-order valence-corrected chi connectivity index (χ2v) is 7.58. The summed E-state index contributed by atoms with van der Waals surface area (Å²) in [5.41, 5.74) is 1.57. The Balaban J connectivity index is 1.36. The van der Waals surface area contributed by atoms with Gasteiger partial charge in [-0.1, -0.05) is 15.9 Å². The van der Waals surface area contributed by atoms with E-state index in [9.17, 15) is 14.0 Å². The molecular formula is C23H17BrFNO5. The number of amides is 1. The molecule has 0 saturated carbocycles. The molecule has 1 aliphatic rings. The lowest BCUT2D eigenvalue weighted by Crippen LogP contribution is -2.16. The topological polar surface area (TPSA) is 73.9 Å². The summed E-state index contributed by atoms with van der Waals surface area (Å²) < 4.78 is 30.2. The first-order valence-electron chi connectivity index (χ1n) is 9.43. The van der Waals surface area contributed by atoms with Crippen LogP contribution < -0.4 is 19.5 Å². The number of hydrogen-bond donors (Lipinski definition) is 1. The maximum absolute atomic E-state index is 13.0. The van der Waals surface area contributed by atoms with Crippen molar-refractivity contribution in [2.75, 3.05) is 18.5 Å². The molecule has 31 heavy (non-hydrogen) atoms. The lowest BCUT2D eigenvalue weighted by Gasteiger charge is -2.19. The number of halogens is 2. The first kappa shape index (κ1) is 20.9. The molecule has 1 N–H and O–H groups in total. The minimum absolute atomic E-state index is 0.0419. The van der Waals surface area contributed by atoms with Gasteiger partial charge >= 0.3 is 5.97 Å². The number of carbonyl (C=O) groups excluding carboxylic acids is 2. The van der Waals surface area contributed by atoms with Crippen LogP contribution in [-0.2, 0) is 11.2 Å². The van der Waals surface area contributed by atoms with Gasteiger partial charge in [-0.05, 0) is 66.2 Å². The number of esters is 1. The van der Waals surface area contributed by atoms with Crippen LogP contribution in [0.5, 0.6) is 17.2 Å². The van der Waals surface area contributed by atoms with E-state index >= 15 is 0 Å². The van der Waals surface area contributed by atoms with E-state index in [1.807, 2.05) is 0 Å². The molecule has 3 aromatic carbocycles. The van der Waals surface area contributed by atoms with Crippen LogP contribution in [0, 0.1) is 5.82 Å². The van der Waals surface area contributed by atoms with Crippen LogP contribution in [0.4, 0.5) is 10.1 Å². The average molecular weight is 486 g/mol. The molecule has 0 spiro atoms. The number of ether oxygens (including phenoxy) is 3. The van der Waals surface area contributed by atoms with Crippen molar-refractivity contribution in [3.63, 3.8) is 0 Å². The van der Waals surface area contributed by atoms with E-state index in [0.29, 0.717) is 41.7 Å². The summed E-state index contributed by atoms with van der Waals surface area (Å²) in [7, 11) is 0. The van der Waals surface area contributed by atoms with E-state index in [1.165, 1.54) is 24.3 Å². The van der Waals surface area contributed by atoms with Crippen molar-refractivity contribution in [2.45, 2.75) is 6.42 Å². The molecule has 0 aliphatic carbocycles. The first-order valence-corrected chi connectivity index (χ1v) is 10.2. The van der Waals surface area contributed by atoms with Gasteiger partial charge < -0.3 is 19.5 Å². The zero-order chi connectivity index (χ0) is 21.8. The molecule has 4 rings (SSSR count). The maximum Gasteiger partial charge on any atom is 0.315 e. The monoisotopic (exact) mass is 485 g/mol. The maximum atomic E-state index is 13.0. The first-order chi connectivity index (χ1) is 15.0. The largest absolute Gasteiger partial charge is 0.486 e. The molecule has 0 atom stereocenters. The summed E-state index contributed by atoms with van der Waals surface area (Å²) in [4.78, 5) is 24.5.